The van der Waals surface area contributed by atoms with Gasteiger partial charge >= 0.3 is 0 Å². The molecule has 17 heavy (non-hydrogen) atoms. The number of nitrogens with zero attached hydrogens (tertiary/aromatic N) is 2. The minimum atomic E-state index is 0.256. The molecule has 0 bridgehead atoms. The maximum atomic E-state index is 5.91. The maximum Gasteiger partial charge on any atom is 0.226 e. The highest BCUT2D eigenvalue weighted by Gasteiger charge is 2.20. The summed E-state index contributed by atoms with van der Waals surface area (Å²) < 4.78 is 10.9. The Labute approximate surface area is 102 Å². The van der Waals surface area contributed by atoms with E-state index in [0.717, 1.165) is 38.5 Å². The van der Waals surface area contributed by atoms with Gasteiger partial charge in [-0.25, -0.2) is 0 Å². The summed E-state index contributed by atoms with van der Waals surface area (Å²) in [5, 5.41) is 3.90. The smallest absolute Gasteiger partial charge is 0.226 e. The van der Waals surface area contributed by atoms with Gasteiger partial charge in [0.1, 0.15) is 6.61 Å². The van der Waals surface area contributed by atoms with Gasteiger partial charge in [-0.3, -0.25) is 0 Å². The predicted octanol–water partition coefficient (Wildman–Crippen LogP) is 1.81. The number of rotatable bonds is 5. The molecule has 1 fully saturated rings. The van der Waals surface area contributed by atoms with Gasteiger partial charge in [0.15, 0.2) is 5.82 Å². The first-order valence-electron chi connectivity index (χ1n) is 6.46. The van der Waals surface area contributed by atoms with Crippen molar-refractivity contribution in [3.05, 3.63) is 11.7 Å². The van der Waals surface area contributed by atoms with E-state index in [1.54, 1.807) is 0 Å². The molecule has 5 heteroatoms. The zero-order chi connectivity index (χ0) is 12.1. The third-order valence-electron chi connectivity index (χ3n) is 3.09. The molecule has 2 rings (SSSR count). The normalized spacial score (nSPS) is 25.1. The summed E-state index contributed by atoms with van der Waals surface area (Å²) in [5.41, 5.74) is 5.91. The molecule has 96 valence electrons. The Morgan fingerprint density at radius 2 is 2.35 bits per heavy atom. The van der Waals surface area contributed by atoms with Crippen molar-refractivity contribution in [1.29, 1.82) is 0 Å². The molecule has 0 spiro atoms. The summed E-state index contributed by atoms with van der Waals surface area (Å²) >= 11 is 0. The van der Waals surface area contributed by atoms with Gasteiger partial charge in [0, 0.05) is 12.5 Å². The number of aromatic nitrogens is 2. The minimum Gasteiger partial charge on any atom is -0.370 e. The fourth-order valence-corrected chi connectivity index (χ4v) is 2.19. The summed E-state index contributed by atoms with van der Waals surface area (Å²) in [6.07, 6.45) is 6.41. The zero-order valence-electron chi connectivity index (χ0n) is 10.4. The molecule has 1 aromatic heterocycles. The van der Waals surface area contributed by atoms with Gasteiger partial charge in [0.25, 0.3) is 0 Å². The van der Waals surface area contributed by atoms with Crippen molar-refractivity contribution >= 4 is 0 Å². The van der Waals surface area contributed by atoms with E-state index in [4.69, 9.17) is 15.0 Å². The quantitative estimate of drug-likeness (QED) is 0.848. The van der Waals surface area contributed by atoms with Gasteiger partial charge in [0.05, 0.1) is 6.10 Å². The molecule has 0 radical (unpaired) electrons. The molecule has 1 aliphatic rings. The molecule has 0 aliphatic heterocycles. The molecule has 2 unspecified atom stereocenters. The second kappa shape index (κ2) is 6.12. The van der Waals surface area contributed by atoms with Crippen molar-refractivity contribution in [3.63, 3.8) is 0 Å². The SMILES string of the molecule is CCCc1nc(COC2CCCC(N)C2)no1. The molecule has 0 aromatic carbocycles. The molecule has 1 saturated carbocycles. The number of aryl methyl sites for hydroxylation is 1. The van der Waals surface area contributed by atoms with Crippen LogP contribution in [-0.2, 0) is 17.8 Å². The Morgan fingerprint density at radius 3 is 3.12 bits per heavy atom. The van der Waals surface area contributed by atoms with Crippen molar-refractivity contribution in [2.45, 2.75) is 64.2 Å². The van der Waals surface area contributed by atoms with Crippen LogP contribution in [0.1, 0.15) is 50.7 Å². The second-order valence-corrected chi connectivity index (χ2v) is 4.71. The summed E-state index contributed by atoms with van der Waals surface area (Å²) in [6.45, 7) is 2.52. The van der Waals surface area contributed by atoms with Gasteiger partial charge in [0.2, 0.25) is 5.89 Å². The van der Waals surface area contributed by atoms with E-state index in [9.17, 15) is 0 Å². The van der Waals surface area contributed by atoms with Crippen molar-refractivity contribution in [2.24, 2.45) is 5.73 Å². The van der Waals surface area contributed by atoms with Crippen molar-refractivity contribution in [3.8, 4) is 0 Å². The van der Waals surface area contributed by atoms with Gasteiger partial charge in [-0.15, -0.1) is 0 Å². The largest absolute Gasteiger partial charge is 0.370 e. The summed E-state index contributed by atoms with van der Waals surface area (Å²) in [4.78, 5) is 4.27. The first-order valence-corrected chi connectivity index (χ1v) is 6.46. The lowest BCUT2D eigenvalue weighted by Crippen LogP contribution is -2.32. The molecule has 0 saturated heterocycles. The monoisotopic (exact) mass is 239 g/mol. The molecule has 1 aliphatic carbocycles. The average molecular weight is 239 g/mol. The van der Waals surface area contributed by atoms with E-state index in [0.29, 0.717) is 18.3 Å². The van der Waals surface area contributed by atoms with E-state index in [2.05, 4.69) is 17.1 Å². The summed E-state index contributed by atoms with van der Waals surface area (Å²) in [6, 6.07) is 0.287. The Morgan fingerprint density at radius 1 is 1.47 bits per heavy atom. The predicted molar refractivity (Wildman–Crippen MR) is 63.3 cm³/mol. The molecule has 2 atom stereocenters. The summed E-state index contributed by atoms with van der Waals surface area (Å²) in [5.74, 6) is 1.35. The van der Waals surface area contributed by atoms with Gasteiger partial charge in [-0.1, -0.05) is 12.1 Å². The standard InChI is InChI=1S/C12H21N3O2/c1-2-4-12-14-11(15-17-12)8-16-10-6-3-5-9(13)7-10/h9-10H,2-8,13H2,1H3. The van der Waals surface area contributed by atoms with Gasteiger partial charge in [-0.05, 0) is 32.1 Å². The number of nitrogens with two attached hydrogens (primary N) is 1. The number of ether oxygens (including phenoxy) is 1. The lowest BCUT2D eigenvalue weighted by molar-refractivity contribution is 0.00830. The third kappa shape index (κ3) is 3.78. The van der Waals surface area contributed by atoms with Gasteiger partial charge in [-0.2, -0.15) is 4.98 Å². The average Bonchev–Trinajstić information content (AvgIpc) is 2.75. The first-order chi connectivity index (χ1) is 8.28. The Bertz CT molecular complexity index is 340. The number of hydrogen-bond acceptors (Lipinski definition) is 5. The van der Waals surface area contributed by atoms with Crippen LogP contribution in [0.25, 0.3) is 0 Å². The number of hydrogen-bond donors (Lipinski definition) is 1. The molecule has 0 amide bonds. The Hall–Kier alpha value is -0.940. The van der Waals surface area contributed by atoms with E-state index in [-0.39, 0.29) is 12.1 Å². The first kappa shape index (κ1) is 12.5. The topological polar surface area (TPSA) is 74.2 Å². The van der Waals surface area contributed by atoms with Crippen LogP contribution in [-0.4, -0.2) is 22.3 Å². The second-order valence-electron chi connectivity index (χ2n) is 4.71. The van der Waals surface area contributed by atoms with Crippen molar-refractivity contribution in [2.75, 3.05) is 0 Å². The highest BCUT2D eigenvalue weighted by molar-refractivity contribution is 4.85. The third-order valence-corrected chi connectivity index (χ3v) is 3.09. The molecule has 1 aromatic rings. The van der Waals surface area contributed by atoms with Gasteiger partial charge < -0.3 is 15.0 Å². The van der Waals surface area contributed by atoms with Crippen LogP contribution in [0.4, 0.5) is 0 Å². The Kier molecular flexibility index (Phi) is 4.50. The zero-order valence-corrected chi connectivity index (χ0v) is 10.4. The van der Waals surface area contributed by atoms with Crippen molar-refractivity contribution < 1.29 is 9.26 Å². The van der Waals surface area contributed by atoms with Crippen LogP contribution in [0.2, 0.25) is 0 Å². The maximum absolute atomic E-state index is 5.91. The van der Waals surface area contributed by atoms with Crippen LogP contribution in [0.3, 0.4) is 0 Å². The van der Waals surface area contributed by atoms with Crippen LogP contribution >= 0.6 is 0 Å². The fourth-order valence-electron chi connectivity index (χ4n) is 2.19. The van der Waals surface area contributed by atoms with E-state index in [1.807, 2.05) is 0 Å². The fraction of sp³-hybridized carbons (Fsp3) is 0.833. The minimum absolute atomic E-state index is 0.256. The van der Waals surface area contributed by atoms with E-state index >= 15 is 0 Å². The van der Waals surface area contributed by atoms with Crippen molar-refractivity contribution in [1.82, 2.24) is 10.1 Å². The lowest BCUT2D eigenvalue weighted by Gasteiger charge is -2.26. The van der Waals surface area contributed by atoms with E-state index in [1.165, 1.54) is 0 Å². The highest BCUT2D eigenvalue weighted by atomic mass is 16.5. The molecule has 2 N–H and O–H groups in total. The Balaban J connectivity index is 1.76. The summed E-state index contributed by atoms with van der Waals surface area (Å²) in [7, 11) is 0. The van der Waals surface area contributed by atoms with Crippen LogP contribution in [0.15, 0.2) is 4.52 Å². The van der Waals surface area contributed by atoms with Crippen LogP contribution in [0.5, 0.6) is 0 Å². The molecular formula is C12H21N3O2. The highest BCUT2D eigenvalue weighted by Crippen LogP contribution is 2.20. The molecular weight excluding hydrogens is 218 g/mol. The van der Waals surface area contributed by atoms with Crippen LogP contribution < -0.4 is 5.73 Å². The molecule has 1 heterocycles. The molecule has 5 nitrogen and oxygen atoms in total. The lowest BCUT2D eigenvalue weighted by atomic mass is 9.94. The van der Waals surface area contributed by atoms with Crippen LogP contribution in [0, 0.1) is 0 Å². The van der Waals surface area contributed by atoms with E-state index < -0.39 is 0 Å².